The molecule has 0 saturated heterocycles. The summed E-state index contributed by atoms with van der Waals surface area (Å²) in [5.41, 5.74) is 2.13. The molecular formula is C23H24FN3O4. The van der Waals surface area contributed by atoms with Gasteiger partial charge < -0.3 is 20.1 Å². The minimum absolute atomic E-state index is 0.232. The smallest absolute Gasteiger partial charge is 0.409 e. The van der Waals surface area contributed by atoms with E-state index in [9.17, 15) is 19.1 Å². The molecule has 0 aliphatic heterocycles. The minimum Gasteiger partial charge on any atom is -0.465 e. The summed E-state index contributed by atoms with van der Waals surface area (Å²) in [6.07, 6.45) is 3.11. The molecule has 4 rings (SSSR count). The van der Waals surface area contributed by atoms with Gasteiger partial charge in [0, 0.05) is 23.8 Å². The van der Waals surface area contributed by atoms with Crippen LogP contribution in [0, 0.1) is 5.82 Å². The number of amides is 2. The van der Waals surface area contributed by atoms with Gasteiger partial charge in [0.25, 0.3) is 5.91 Å². The first-order valence-electron chi connectivity index (χ1n) is 10.3. The largest absolute Gasteiger partial charge is 0.465 e. The van der Waals surface area contributed by atoms with Gasteiger partial charge in [0.2, 0.25) is 0 Å². The molecule has 0 bridgehead atoms. The molecular weight excluding hydrogens is 401 g/mol. The molecule has 31 heavy (non-hydrogen) atoms. The number of rotatable bonds is 5. The fraction of sp³-hybridized carbons (Fsp3) is 0.304. The Morgan fingerprint density at radius 1 is 1.10 bits per heavy atom. The third kappa shape index (κ3) is 4.54. The Bertz CT molecular complexity index is 1110. The molecule has 3 aromatic rings. The van der Waals surface area contributed by atoms with Gasteiger partial charge in [-0.1, -0.05) is 31.0 Å². The van der Waals surface area contributed by atoms with Gasteiger partial charge in [-0.15, -0.1) is 0 Å². The van der Waals surface area contributed by atoms with E-state index in [1.54, 1.807) is 47.2 Å². The fourth-order valence-electron chi connectivity index (χ4n) is 4.15. The molecule has 1 heterocycles. The first-order chi connectivity index (χ1) is 14.9. The lowest BCUT2D eigenvalue weighted by atomic mass is 9.92. The summed E-state index contributed by atoms with van der Waals surface area (Å²) < 4.78 is 16.5. The topological polar surface area (TPSA) is 104 Å². The van der Waals surface area contributed by atoms with E-state index in [0.29, 0.717) is 30.6 Å². The molecule has 162 valence electrons. The molecule has 7 nitrogen and oxygen atoms in total. The average Bonchev–Trinajstić information content (AvgIpc) is 3.11. The van der Waals surface area contributed by atoms with Gasteiger partial charge >= 0.3 is 6.09 Å². The Labute approximate surface area is 178 Å². The van der Waals surface area contributed by atoms with Gasteiger partial charge in [-0.2, -0.15) is 0 Å². The van der Waals surface area contributed by atoms with Crippen LogP contribution < -0.4 is 10.6 Å². The molecule has 8 heteroatoms. The highest BCUT2D eigenvalue weighted by Gasteiger charge is 2.27. The minimum atomic E-state index is -1.14. The second kappa shape index (κ2) is 8.77. The van der Waals surface area contributed by atoms with Crippen molar-refractivity contribution in [1.82, 2.24) is 9.88 Å². The van der Waals surface area contributed by atoms with E-state index in [2.05, 4.69) is 10.6 Å². The van der Waals surface area contributed by atoms with Crippen LogP contribution in [0.4, 0.5) is 14.9 Å². The number of carbonyl (C=O) groups excluding carboxylic acids is 1. The molecule has 1 aromatic heterocycles. The van der Waals surface area contributed by atoms with Crippen molar-refractivity contribution in [2.45, 2.75) is 44.4 Å². The highest BCUT2D eigenvalue weighted by molar-refractivity contribution is 6.07. The molecule has 2 atom stereocenters. The van der Waals surface area contributed by atoms with Crippen molar-refractivity contribution < 1.29 is 24.2 Å². The molecule has 1 aliphatic rings. The van der Waals surface area contributed by atoms with E-state index in [1.165, 1.54) is 6.07 Å². The number of fused-ring (bicyclic) bond motifs is 1. The maximum atomic E-state index is 14.7. The van der Waals surface area contributed by atoms with Gasteiger partial charge in [0.15, 0.2) is 0 Å². The van der Waals surface area contributed by atoms with Gasteiger partial charge in [-0.25, -0.2) is 9.18 Å². The number of carboxylic acid groups (broad SMARTS) is 1. The Hall–Kier alpha value is -3.39. The van der Waals surface area contributed by atoms with E-state index in [-0.39, 0.29) is 17.0 Å². The summed E-state index contributed by atoms with van der Waals surface area (Å²) in [6, 6.07) is 11.2. The summed E-state index contributed by atoms with van der Waals surface area (Å²) in [5, 5.41) is 24.4. The quantitative estimate of drug-likeness (QED) is 0.497. The van der Waals surface area contributed by atoms with E-state index in [0.717, 1.165) is 18.4 Å². The molecule has 4 N–H and O–H groups in total. The lowest BCUT2D eigenvalue weighted by Gasteiger charge is -2.28. The Morgan fingerprint density at radius 3 is 2.55 bits per heavy atom. The molecule has 0 spiro atoms. The number of hydrogen-bond acceptors (Lipinski definition) is 3. The van der Waals surface area contributed by atoms with Crippen LogP contribution >= 0.6 is 0 Å². The van der Waals surface area contributed by atoms with Crippen LogP contribution in [-0.4, -0.2) is 38.9 Å². The van der Waals surface area contributed by atoms with Gasteiger partial charge in [0.1, 0.15) is 5.82 Å². The number of nitrogens with zero attached hydrogens (tertiary/aromatic N) is 1. The summed E-state index contributed by atoms with van der Waals surface area (Å²) in [6.45, 7) is 0.382. The Morgan fingerprint density at radius 2 is 1.84 bits per heavy atom. The van der Waals surface area contributed by atoms with Crippen LogP contribution in [-0.2, 0) is 6.54 Å². The van der Waals surface area contributed by atoms with Crippen molar-refractivity contribution in [3.8, 4) is 0 Å². The molecule has 1 aliphatic carbocycles. The molecule has 1 saturated carbocycles. The number of anilines is 1. The van der Waals surface area contributed by atoms with E-state index in [4.69, 9.17) is 5.11 Å². The fourth-order valence-corrected chi connectivity index (χ4v) is 4.15. The van der Waals surface area contributed by atoms with Crippen LogP contribution in [0.1, 0.15) is 41.6 Å². The molecule has 2 aromatic carbocycles. The first kappa shape index (κ1) is 20.9. The zero-order valence-electron chi connectivity index (χ0n) is 16.8. The number of aromatic nitrogens is 1. The number of nitrogens with one attached hydrogen (secondary N) is 2. The number of carbonyl (C=O) groups is 2. The maximum Gasteiger partial charge on any atom is 0.409 e. The zero-order valence-corrected chi connectivity index (χ0v) is 16.8. The summed E-state index contributed by atoms with van der Waals surface area (Å²) >= 11 is 0. The van der Waals surface area contributed by atoms with Crippen LogP contribution in [0.5, 0.6) is 0 Å². The summed E-state index contributed by atoms with van der Waals surface area (Å²) in [5.74, 6) is -0.882. The van der Waals surface area contributed by atoms with Crippen molar-refractivity contribution in [3.05, 3.63) is 65.6 Å². The zero-order chi connectivity index (χ0) is 22.0. The monoisotopic (exact) mass is 425 g/mol. The second-order valence-corrected chi connectivity index (χ2v) is 7.86. The van der Waals surface area contributed by atoms with E-state index >= 15 is 0 Å². The van der Waals surface area contributed by atoms with Gasteiger partial charge in [-0.3, -0.25) is 10.1 Å². The third-order valence-corrected chi connectivity index (χ3v) is 5.70. The molecule has 2 unspecified atom stereocenters. The number of halogens is 1. The number of hydrogen-bond donors (Lipinski definition) is 4. The number of aliphatic hydroxyl groups is 1. The molecule has 2 amide bonds. The molecule has 0 radical (unpaired) electrons. The lowest BCUT2D eigenvalue weighted by molar-refractivity contribution is 0.0718. The Balaban J connectivity index is 1.62. The van der Waals surface area contributed by atoms with Crippen LogP contribution in [0.3, 0.4) is 0 Å². The first-order valence-corrected chi connectivity index (χ1v) is 10.3. The SMILES string of the molecule is O=C(O)Nc1ccc(Cn2cc(C(=O)NC3CCCCC3O)c3c(F)cccc32)cc1. The third-order valence-electron chi connectivity index (χ3n) is 5.70. The maximum absolute atomic E-state index is 14.7. The van der Waals surface area contributed by atoms with Crippen LogP contribution in [0.15, 0.2) is 48.7 Å². The summed E-state index contributed by atoms with van der Waals surface area (Å²) in [4.78, 5) is 23.7. The predicted molar refractivity (Wildman–Crippen MR) is 115 cm³/mol. The summed E-state index contributed by atoms with van der Waals surface area (Å²) in [7, 11) is 0. The van der Waals surface area contributed by atoms with Crippen molar-refractivity contribution >= 4 is 28.6 Å². The highest BCUT2D eigenvalue weighted by Crippen LogP contribution is 2.27. The number of benzene rings is 2. The normalized spacial score (nSPS) is 18.6. The second-order valence-electron chi connectivity index (χ2n) is 7.86. The lowest BCUT2D eigenvalue weighted by Crippen LogP contribution is -2.45. The van der Waals surface area contributed by atoms with Crippen molar-refractivity contribution in [2.24, 2.45) is 0 Å². The van der Waals surface area contributed by atoms with Crippen LogP contribution in [0.25, 0.3) is 10.9 Å². The van der Waals surface area contributed by atoms with Crippen molar-refractivity contribution in [2.75, 3.05) is 5.32 Å². The Kier molecular flexibility index (Phi) is 5.90. The predicted octanol–water partition coefficient (Wildman–Crippen LogP) is 3.95. The van der Waals surface area contributed by atoms with E-state index < -0.39 is 23.9 Å². The van der Waals surface area contributed by atoms with Gasteiger partial charge in [-0.05, 0) is 42.7 Å². The molecule has 1 fully saturated rings. The average molecular weight is 425 g/mol. The van der Waals surface area contributed by atoms with Crippen molar-refractivity contribution in [1.29, 1.82) is 0 Å². The van der Waals surface area contributed by atoms with E-state index in [1.807, 2.05) is 0 Å². The van der Waals surface area contributed by atoms with Gasteiger partial charge in [0.05, 0.1) is 23.2 Å². The number of aliphatic hydroxyl groups excluding tert-OH is 1. The standard InChI is InChI=1S/C23H24FN3O4/c24-17-4-3-6-19-21(17)16(22(29)26-18-5-1-2-7-20(18)28)13-27(19)12-14-8-10-15(11-9-14)25-23(30)31/h3-4,6,8-11,13,18,20,25,28H,1-2,5,7,12H2,(H,26,29)(H,30,31). The van der Waals surface area contributed by atoms with Crippen molar-refractivity contribution in [3.63, 3.8) is 0 Å². The highest BCUT2D eigenvalue weighted by atomic mass is 19.1. The van der Waals surface area contributed by atoms with Crippen LogP contribution in [0.2, 0.25) is 0 Å².